The zero-order valence-electron chi connectivity index (χ0n) is 14.0. The van der Waals surface area contributed by atoms with Gasteiger partial charge in [0.05, 0.1) is 43.5 Å². The van der Waals surface area contributed by atoms with Gasteiger partial charge in [0.2, 0.25) is 0 Å². The van der Waals surface area contributed by atoms with Gasteiger partial charge in [0.15, 0.2) is 0 Å². The molecule has 1 aliphatic heterocycles. The molecular formula is C18H22N4O3. The van der Waals surface area contributed by atoms with Gasteiger partial charge in [-0.05, 0) is 31.0 Å². The fraction of sp³-hybridized carbons (Fsp3) is 0.500. The summed E-state index contributed by atoms with van der Waals surface area (Å²) >= 11 is 0. The molecule has 4 rings (SSSR count). The highest BCUT2D eigenvalue weighted by atomic mass is 16.5. The topological polar surface area (TPSA) is 80.5 Å². The summed E-state index contributed by atoms with van der Waals surface area (Å²) in [5.74, 6) is 1.22. The molecule has 1 saturated carbocycles. The maximum atomic E-state index is 12.2. The summed E-state index contributed by atoms with van der Waals surface area (Å²) in [5, 5.41) is 10.5. The number of carbonyl (C=O) groups is 1. The standard InChI is InChI=1S/C18H22N4O3/c23-18(14-5-6-20-21-11-14)19-10-13-3-4-16-17(13)25-9-7-22(16)12-15-2-1-8-24-15/h1-2,5-6,8,11,13,16-17H,3-4,7,9-10,12H2,(H,19,23)/t13?,16-,17-/m1/s1. The molecule has 0 spiro atoms. The Bertz CT molecular complexity index is 692. The minimum Gasteiger partial charge on any atom is -0.468 e. The molecule has 1 aliphatic carbocycles. The molecule has 0 radical (unpaired) electrons. The molecule has 2 fully saturated rings. The van der Waals surface area contributed by atoms with Gasteiger partial charge >= 0.3 is 0 Å². The molecular weight excluding hydrogens is 320 g/mol. The molecule has 1 unspecified atom stereocenters. The van der Waals surface area contributed by atoms with Gasteiger partial charge in [-0.25, -0.2) is 0 Å². The Morgan fingerprint density at radius 3 is 3.08 bits per heavy atom. The van der Waals surface area contributed by atoms with Crippen molar-refractivity contribution in [1.29, 1.82) is 0 Å². The highest BCUT2D eigenvalue weighted by molar-refractivity contribution is 5.93. The summed E-state index contributed by atoms with van der Waals surface area (Å²) in [4.78, 5) is 14.6. The number of nitrogens with zero attached hydrogens (tertiary/aromatic N) is 3. The maximum absolute atomic E-state index is 12.2. The molecule has 25 heavy (non-hydrogen) atoms. The number of fused-ring (bicyclic) bond motifs is 1. The summed E-state index contributed by atoms with van der Waals surface area (Å²) in [5.41, 5.74) is 0.536. The van der Waals surface area contributed by atoms with Crippen LogP contribution >= 0.6 is 0 Å². The molecule has 7 nitrogen and oxygen atoms in total. The molecule has 3 atom stereocenters. The van der Waals surface area contributed by atoms with Crippen LogP contribution in [0.1, 0.15) is 29.0 Å². The first-order valence-corrected chi connectivity index (χ1v) is 8.74. The molecule has 3 heterocycles. The van der Waals surface area contributed by atoms with Gasteiger partial charge in [-0.2, -0.15) is 10.2 Å². The molecule has 7 heteroatoms. The lowest BCUT2D eigenvalue weighted by Crippen LogP contribution is -2.50. The van der Waals surface area contributed by atoms with E-state index in [-0.39, 0.29) is 12.0 Å². The first-order valence-electron chi connectivity index (χ1n) is 8.74. The number of furan rings is 1. The lowest BCUT2D eigenvalue weighted by molar-refractivity contribution is -0.0772. The predicted molar refractivity (Wildman–Crippen MR) is 89.7 cm³/mol. The Hall–Kier alpha value is -2.25. The van der Waals surface area contributed by atoms with Crippen molar-refractivity contribution < 1.29 is 13.9 Å². The van der Waals surface area contributed by atoms with Crippen molar-refractivity contribution in [1.82, 2.24) is 20.4 Å². The second kappa shape index (κ2) is 7.33. The molecule has 1 N–H and O–H groups in total. The van der Waals surface area contributed by atoms with Gasteiger partial charge < -0.3 is 14.5 Å². The summed E-state index contributed by atoms with van der Waals surface area (Å²) in [6.07, 6.45) is 7.03. The minimum atomic E-state index is -0.110. The Morgan fingerprint density at radius 2 is 2.28 bits per heavy atom. The van der Waals surface area contributed by atoms with Crippen molar-refractivity contribution in [2.75, 3.05) is 19.7 Å². The number of rotatable bonds is 5. The Balaban J connectivity index is 1.34. The largest absolute Gasteiger partial charge is 0.468 e. The van der Waals surface area contributed by atoms with E-state index in [0.717, 1.165) is 38.3 Å². The van der Waals surface area contributed by atoms with Gasteiger partial charge in [0.25, 0.3) is 5.91 Å². The van der Waals surface area contributed by atoms with Crippen LogP contribution in [0.4, 0.5) is 0 Å². The van der Waals surface area contributed by atoms with Crippen LogP contribution in [0.5, 0.6) is 0 Å². The number of nitrogens with one attached hydrogen (secondary N) is 1. The second-order valence-electron chi connectivity index (χ2n) is 6.63. The smallest absolute Gasteiger partial charge is 0.252 e. The molecule has 132 valence electrons. The van der Waals surface area contributed by atoms with E-state index in [4.69, 9.17) is 9.15 Å². The SMILES string of the molecule is O=C(NCC1CC[C@@H]2[C@@H]1OCCN2Cc1ccco1)c1ccnnc1. The third-order valence-electron chi connectivity index (χ3n) is 5.15. The van der Waals surface area contributed by atoms with Crippen molar-refractivity contribution in [2.24, 2.45) is 5.92 Å². The van der Waals surface area contributed by atoms with Crippen LogP contribution in [0, 0.1) is 5.92 Å². The number of carbonyl (C=O) groups excluding carboxylic acids is 1. The first kappa shape index (κ1) is 16.2. The first-order chi connectivity index (χ1) is 12.3. The lowest BCUT2D eigenvalue weighted by Gasteiger charge is -2.38. The molecule has 2 aliphatic rings. The zero-order valence-corrected chi connectivity index (χ0v) is 14.0. The highest BCUT2D eigenvalue weighted by Gasteiger charge is 2.42. The van der Waals surface area contributed by atoms with Crippen molar-refractivity contribution >= 4 is 5.91 Å². The van der Waals surface area contributed by atoms with Crippen LogP contribution < -0.4 is 5.32 Å². The highest BCUT2D eigenvalue weighted by Crippen LogP contribution is 2.35. The van der Waals surface area contributed by atoms with Gasteiger partial charge in [-0.15, -0.1) is 0 Å². The van der Waals surface area contributed by atoms with E-state index in [0.29, 0.717) is 24.1 Å². The molecule has 1 saturated heterocycles. The Morgan fingerprint density at radius 1 is 1.32 bits per heavy atom. The molecule has 0 aromatic carbocycles. The van der Waals surface area contributed by atoms with E-state index in [1.165, 1.54) is 12.4 Å². The third kappa shape index (κ3) is 3.57. The van der Waals surface area contributed by atoms with Crippen LogP contribution in [0.3, 0.4) is 0 Å². The molecule has 1 amide bonds. The number of amides is 1. The molecule has 0 bridgehead atoms. The van der Waals surface area contributed by atoms with E-state index >= 15 is 0 Å². The number of hydrogen-bond donors (Lipinski definition) is 1. The van der Waals surface area contributed by atoms with Crippen molar-refractivity contribution in [2.45, 2.75) is 31.5 Å². The fourth-order valence-corrected chi connectivity index (χ4v) is 3.91. The Kier molecular flexibility index (Phi) is 4.76. The van der Waals surface area contributed by atoms with Gasteiger partial charge in [0.1, 0.15) is 5.76 Å². The number of aromatic nitrogens is 2. The third-order valence-corrected chi connectivity index (χ3v) is 5.15. The van der Waals surface area contributed by atoms with Crippen LogP contribution in [0.25, 0.3) is 0 Å². The van der Waals surface area contributed by atoms with E-state index < -0.39 is 0 Å². The minimum absolute atomic E-state index is 0.110. The van der Waals surface area contributed by atoms with E-state index in [2.05, 4.69) is 20.4 Å². The van der Waals surface area contributed by atoms with Crippen molar-refractivity contribution in [3.05, 3.63) is 48.2 Å². The quantitative estimate of drug-likeness (QED) is 0.886. The molecule has 2 aromatic rings. The summed E-state index contributed by atoms with van der Waals surface area (Å²) in [6, 6.07) is 6.00. The normalized spacial score (nSPS) is 26.3. The van der Waals surface area contributed by atoms with E-state index in [1.807, 2.05) is 12.1 Å². The number of hydrogen-bond acceptors (Lipinski definition) is 6. The maximum Gasteiger partial charge on any atom is 0.252 e. The summed E-state index contributed by atoms with van der Waals surface area (Å²) in [7, 11) is 0. The van der Waals surface area contributed by atoms with Gasteiger partial charge in [-0.1, -0.05) is 0 Å². The average Bonchev–Trinajstić information content (AvgIpc) is 3.31. The van der Waals surface area contributed by atoms with Crippen molar-refractivity contribution in [3.8, 4) is 0 Å². The Labute approximate surface area is 146 Å². The van der Waals surface area contributed by atoms with Crippen molar-refractivity contribution in [3.63, 3.8) is 0 Å². The fourth-order valence-electron chi connectivity index (χ4n) is 3.91. The monoisotopic (exact) mass is 342 g/mol. The average molecular weight is 342 g/mol. The van der Waals surface area contributed by atoms with Crippen LogP contribution in [-0.4, -0.2) is 52.8 Å². The van der Waals surface area contributed by atoms with E-state index in [1.54, 1.807) is 12.3 Å². The summed E-state index contributed by atoms with van der Waals surface area (Å²) < 4.78 is 11.5. The van der Waals surface area contributed by atoms with Crippen LogP contribution in [-0.2, 0) is 11.3 Å². The molecule has 2 aromatic heterocycles. The zero-order chi connectivity index (χ0) is 17.1. The van der Waals surface area contributed by atoms with Crippen LogP contribution in [0.15, 0.2) is 41.3 Å². The number of morpholine rings is 1. The van der Waals surface area contributed by atoms with Gasteiger partial charge in [0, 0.05) is 25.0 Å². The van der Waals surface area contributed by atoms with E-state index in [9.17, 15) is 4.79 Å². The van der Waals surface area contributed by atoms with Gasteiger partial charge in [-0.3, -0.25) is 9.69 Å². The second-order valence-corrected chi connectivity index (χ2v) is 6.63. The van der Waals surface area contributed by atoms with Crippen LogP contribution in [0.2, 0.25) is 0 Å². The lowest BCUT2D eigenvalue weighted by atomic mass is 10.0. The summed E-state index contributed by atoms with van der Waals surface area (Å²) in [6.45, 7) is 3.08. The predicted octanol–water partition coefficient (Wildman–Crippen LogP) is 1.48. The number of ether oxygens (including phenoxy) is 1.